The Hall–Kier alpha value is -1.51. The minimum atomic E-state index is -0.255. The average Bonchev–Trinajstić information content (AvgIpc) is 3.12. The van der Waals surface area contributed by atoms with E-state index in [-0.39, 0.29) is 35.5 Å². The Morgan fingerprint density at radius 3 is 2.52 bits per heavy atom. The van der Waals surface area contributed by atoms with Crippen molar-refractivity contribution in [2.75, 3.05) is 13.1 Å². The van der Waals surface area contributed by atoms with Crippen molar-refractivity contribution in [1.82, 2.24) is 16.0 Å². The zero-order chi connectivity index (χ0) is 20.4. The van der Waals surface area contributed by atoms with E-state index in [9.17, 15) is 4.79 Å². The molecule has 7 heteroatoms. The maximum absolute atomic E-state index is 12.1. The highest BCUT2D eigenvalue weighted by Gasteiger charge is 2.17. The lowest BCUT2D eigenvalue weighted by atomic mass is 10.1. The highest BCUT2D eigenvalue weighted by atomic mass is 127. The smallest absolute Gasteiger partial charge is 0.221 e. The highest BCUT2D eigenvalue weighted by molar-refractivity contribution is 14.0. The summed E-state index contributed by atoms with van der Waals surface area (Å²) in [7, 11) is 0. The average molecular weight is 516 g/mol. The van der Waals surface area contributed by atoms with Crippen molar-refractivity contribution >= 4 is 35.8 Å². The number of nitrogens with zero attached hydrogens (tertiary/aromatic N) is 1. The molecular formula is C22H37IN4O2. The van der Waals surface area contributed by atoms with Crippen molar-refractivity contribution in [2.24, 2.45) is 4.99 Å². The first kappa shape index (κ1) is 25.5. The Morgan fingerprint density at radius 2 is 1.86 bits per heavy atom. The van der Waals surface area contributed by atoms with Crippen molar-refractivity contribution in [3.63, 3.8) is 0 Å². The van der Waals surface area contributed by atoms with Crippen LogP contribution in [0.15, 0.2) is 29.3 Å². The van der Waals surface area contributed by atoms with Gasteiger partial charge in [-0.2, -0.15) is 0 Å². The molecule has 6 nitrogen and oxygen atoms in total. The topological polar surface area (TPSA) is 74.8 Å². The Balaban J connectivity index is 0.00000420. The molecule has 1 aliphatic rings. The lowest BCUT2D eigenvalue weighted by Crippen LogP contribution is -2.40. The number of amides is 1. The Kier molecular flexibility index (Phi) is 11.4. The molecule has 29 heavy (non-hydrogen) atoms. The van der Waals surface area contributed by atoms with Crippen LogP contribution in [0.5, 0.6) is 5.75 Å². The number of hydrogen-bond acceptors (Lipinski definition) is 3. The van der Waals surface area contributed by atoms with Gasteiger partial charge in [-0.1, -0.05) is 31.0 Å². The van der Waals surface area contributed by atoms with Crippen molar-refractivity contribution < 1.29 is 9.53 Å². The summed E-state index contributed by atoms with van der Waals surface area (Å²) in [4.78, 5) is 16.7. The fraction of sp³-hybridized carbons (Fsp3) is 0.636. The van der Waals surface area contributed by atoms with Crippen LogP contribution in [0, 0.1) is 0 Å². The van der Waals surface area contributed by atoms with E-state index >= 15 is 0 Å². The molecule has 0 atom stereocenters. The van der Waals surface area contributed by atoms with Gasteiger partial charge in [-0.05, 0) is 46.6 Å². The van der Waals surface area contributed by atoms with Gasteiger partial charge < -0.3 is 20.7 Å². The van der Waals surface area contributed by atoms with Gasteiger partial charge in [0.05, 0.1) is 6.54 Å². The van der Waals surface area contributed by atoms with E-state index in [0.29, 0.717) is 31.5 Å². The fourth-order valence-corrected chi connectivity index (χ4v) is 3.23. The first-order chi connectivity index (χ1) is 13.4. The highest BCUT2D eigenvalue weighted by Crippen LogP contribution is 2.23. The van der Waals surface area contributed by atoms with Gasteiger partial charge in [0.1, 0.15) is 11.4 Å². The lowest BCUT2D eigenvalue weighted by molar-refractivity contribution is -0.121. The standard InChI is InChI=1S/C22H36N4O2.HI/c1-5-23-21(24-15-14-20(27)26-18-11-7-8-12-18)25-16-17-10-6-9-13-19(17)28-22(2,3)4;/h6,9-10,13,18H,5,7-8,11-12,14-16H2,1-4H3,(H,26,27)(H2,23,24,25);1H. The number of ether oxygens (including phenoxy) is 1. The predicted octanol–water partition coefficient (Wildman–Crippen LogP) is 3.99. The summed E-state index contributed by atoms with van der Waals surface area (Å²) in [5, 5.41) is 9.60. The molecule has 0 aromatic heterocycles. The first-order valence-electron chi connectivity index (χ1n) is 10.5. The van der Waals surface area contributed by atoms with Gasteiger partial charge in [-0.3, -0.25) is 4.79 Å². The molecule has 0 radical (unpaired) electrons. The second-order valence-electron chi connectivity index (χ2n) is 8.24. The first-order valence-corrected chi connectivity index (χ1v) is 10.5. The van der Waals surface area contributed by atoms with Gasteiger partial charge in [0, 0.05) is 31.1 Å². The second-order valence-corrected chi connectivity index (χ2v) is 8.24. The second kappa shape index (κ2) is 12.9. The van der Waals surface area contributed by atoms with Crippen LogP contribution in [0.4, 0.5) is 0 Å². The lowest BCUT2D eigenvalue weighted by Gasteiger charge is -2.23. The van der Waals surface area contributed by atoms with Crippen LogP contribution in [0.3, 0.4) is 0 Å². The van der Waals surface area contributed by atoms with E-state index in [1.54, 1.807) is 0 Å². The van der Waals surface area contributed by atoms with Gasteiger partial charge in [0.25, 0.3) is 0 Å². The zero-order valence-electron chi connectivity index (χ0n) is 18.2. The van der Waals surface area contributed by atoms with Crippen LogP contribution in [0.25, 0.3) is 0 Å². The number of halogens is 1. The van der Waals surface area contributed by atoms with Crippen molar-refractivity contribution in [2.45, 2.75) is 78.0 Å². The van der Waals surface area contributed by atoms with Crippen LogP contribution >= 0.6 is 24.0 Å². The summed E-state index contributed by atoms with van der Waals surface area (Å²) in [6.07, 6.45) is 5.12. The quantitative estimate of drug-likeness (QED) is 0.278. The van der Waals surface area contributed by atoms with E-state index in [2.05, 4.69) is 20.9 Å². The maximum atomic E-state index is 12.1. The third kappa shape index (κ3) is 10.2. The monoisotopic (exact) mass is 516 g/mol. The largest absolute Gasteiger partial charge is 0.488 e. The van der Waals surface area contributed by atoms with E-state index < -0.39 is 0 Å². The molecule has 1 aliphatic carbocycles. The predicted molar refractivity (Wildman–Crippen MR) is 130 cm³/mol. The Morgan fingerprint density at radius 1 is 1.17 bits per heavy atom. The number of aliphatic imine (C=N–C) groups is 1. The molecule has 0 aliphatic heterocycles. The van der Waals surface area contributed by atoms with E-state index in [0.717, 1.165) is 30.7 Å². The molecule has 0 unspecified atom stereocenters. The normalized spacial score (nSPS) is 14.8. The fourth-order valence-electron chi connectivity index (χ4n) is 3.23. The van der Waals surface area contributed by atoms with E-state index in [1.807, 2.05) is 52.0 Å². The van der Waals surface area contributed by atoms with Gasteiger partial charge in [-0.25, -0.2) is 4.99 Å². The molecule has 1 amide bonds. The SMILES string of the molecule is CCNC(=NCc1ccccc1OC(C)(C)C)NCCC(=O)NC1CCCC1.I. The summed E-state index contributed by atoms with van der Waals surface area (Å²) >= 11 is 0. The molecule has 1 saturated carbocycles. The summed E-state index contributed by atoms with van der Waals surface area (Å²) in [6, 6.07) is 8.34. The minimum Gasteiger partial charge on any atom is -0.488 e. The number of guanidine groups is 1. The third-order valence-electron chi connectivity index (χ3n) is 4.51. The molecule has 0 spiro atoms. The van der Waals surface area contributed by atoms with Crippen LogP contribution < -0.4 is 20.7 Å². The Labute approximate surface area is 192 Å². The molecule has 0 saturated heterocycles. The number of carbonyl (C=O) groups is 1. The molecule has 1 aromatic carbocycles. The molecule has 1 aromatic rings. The molecule has 3 N–H and O–H groups in total. The Bertz CT molecular complexity index is 652. The van der Waals surface area contributed by atoms with Crippen LogP contribution in [0.2, 0.25) is 0 Å². The molecule has 0 heterocycles. The van der Waals surface area contributed by atoms with Crippen LogP contribution in [-0.4, -0.2) is 36.6 Å². The summed E-state index contributed by atoms with van der Waals surface area (Å²) in [5.74, 6) is 1.67. The number of para-hydroxylation sites is 1. The minimum absolute atomic E-state index is 0. The van der Waals surface area contributed by atoms with Gasteiger partial charge in [0.2, 0.25) is 5.91 Å². The number of rotatable bonds is 8. The number of hydrogen-bond donors (Lipinski definition) is 3. The summed E-state index contributed by atoms with van der Waals surface area (Å²) in [6.45, 7) is 9.97. The maximum Gasteiger partial charge on any atom is 0.221 e. The molecule has 164 valence electrons. The third-order valence-corrected chi connectivity index (χ3v) is 4.51. The van der Waals surface area contributed by atoms with Gasteiger partial charge in [-0.15, -0.1) is 24.0 Å². The molecular weight excluding hydrogens is 479 g/mol. The van der Waals surface area contributed by atoms with Crippen molar-refractivity contribution in [1.29, 1.82) is 0 Å². The van der Waals surface area contributed by atoms with E-state index in [4.69, 9.17) is 4.74 Å². The zero-order valence-corrected chi connectivity index (χ0v) is 20.5. The summed E-state index contributed by atoms with van der Waals surface area (Å²) in [5.41, 5.74) is 0.781. The molecule has 1 fully saturated rings. The number of benzene rings is 1. The van der Waals surface area contributed by atoms with Crippen LogP contribution in [0.1, 0.15) is 65.4 Å². The van der Waals surface area contributed by atoms with Crippen molar-refractivity contribution in [3.8, 4) is 5.75 Å². The van der Waals surface area contributed by atoms with Crippen LogP contribution in [-0.2, 0) is 11.3 Å². The number of carbonyl (C=O) groups excluding carboxylic acids is 1. The molecule has 0 bridgehead atoms. The van der Waals surface area contributed by atoms with Gasteiger partial charge in [0.15, 0.2) is 5.96 Å². The van der Waals surface area contributed by atoms with E-state index in [1.165, 1.54) is 12.8 Å². The van der Waals surface area contributed by atoms with Gasteiger partial charge >= 0.3 is 0 Å². The van der Waals surface area contributed by atoms with Crippen molar-refractivity contribution in [3.05, 3.63) is 29.8 Å². The molecule has 2 rings (SSSR count). The number of nitrogens with one attached hydrogen (secondary N) is 3. The summed E-state index contributed by atoms with van der Waals surface area (Å²) < 4.78 is 6.04.